The molecule has 0 aliphatic heterocycles. The molecule has 0 amide bonds. The van der Waals surface area contributed by atoms with Gasteiger partial charge in [0.25, 0.3) is 0 Å². The summed E-state index contributed by atoms with van der Waals surface area (Å²) in [6.45, 7) is 0. The van der Waals surface area contributed by atoms with Crippen LogP contribution in [0.4, 0.5) is 0 Å². The van der Waals surface area contributed by atoms with Gasteiger partial charge in [0, 0.05) is 11.1 Å². The van der Waals surface area contributed by atoms with E-state index in [1.807, 2.05) is 12.1 Å². The summed E-state index contributed by atoms with van der Waals surface area (Å²) in [5.74, 6) is 2.26. The Hall–Kier alpha value is -0.530. The van der Waals surface area contributed by atoms with Gasteiger partial charge < -0.3 is 5.73 Å². The highest BCUT2D eigenvalue weighted by atomic mass is 35.5. The van der Waals surface area contributed by atoms with Gasteiger partial charge in [-0.3, -0.25) is 0 Å². The molecule has 2 fully saturated rings. The Morgan fingerprint density at radius 1 is 0.952 bits per heavy atom. The predicted octanol–water partition coefficient (Wildman–Crippen LogP) is 5.21. The molecular formula is C19H28ClN. The summed E-state index contributed by atoms with van der Waals surface area (Å²) < 4.78 is 0. The third-order valence-corrected chi connectivity index (χ3v) is 6.22. The van der Waals surface area contributed by atoms with Gasteiger partial charge >= 0.3 is 0 Å². The number of nitrogens with two attached hydrogens (primary N) is 1. The minimum Gasteiger partial charge on any atom is -0.327 e. The molecule has 0 spiro atoms. The van der Waals surface area contributed by atoms with Crippen molar-refractivity contribution < 1.29 is 0 Å². The molecule has 2 saturated carbocycles. The van der Waals surface area contributed by atoms with E-state index in [1.54, 1.807) is 0 Å². The van der Waals surface area contributed by atoms with Crippen molar-refractivity contribution >= 4 is 11.6 Å². The maximum Gasteiger partial charge on any atom is 0.0438 e. The van der Waals surface area contributed by atoms with Crippen LogP contribution in [0.2, 0.25) is 5.02 Å². The SMILES string of the molecule is NC1C(Cc2ccccc2Cl)CCCC1C1CCCCC1. The molecule has 116 valence electrons. The standard InChI is InChI=1S/C19H28ClN/c20-18-12-5-4-9-15(18)13-16-10-6-11-17(19(16)21)14-7-2-1-3-8-14/h4-5,9,12,14,16-17,19H,1-3,6-8,10-11,13,21H2. The number of halogens is 1. The molecule has 2 aliphatic rings. The molecule has 2 heteroatoms. The van der Waals surface area contributed by atoms with Crippen LogP contribution in [0.25, 0.3) is 0 Å². The van der Waals surface area contributed by atoms with E-state index in [4.69, 9.17) is 17.3 Å². The van der Waals surface area contributed by atoms with Crippen molar-refractivity contribution in [1.82, 2.24) is 0 Å². The Morgan fingerprint density at radius 2 is 1.71 bits per heavy atom. The number of benzene rings is 1. The molecule has 3 unspecified atom stereocenters. The second-order valence-electron chi connectivity index (χ2n) is 7.13. The van der Waals surface area contributed by atoms with E-state index in [0.29, 0.717) is 12.0 Å². The average molecular weight is 306 g/mol. The number of rotatable bonds is 3. The number of hydrogen-bond acceptors (Lipinski definition) is 1. The monoisotopic (exact) mass is 305 g/mol. The second-order valence-corrected chi connectivity index (χ2v) is 7.53. The maximum atomic E-state index is 6.71. The van der Waals surface area contributed by atoms with Crippen LogP contribution in [-0.4, -0.2) is 6.04 Å². The lowest BCUT2D eigenvalue weighted by Crippen LogP contribution is -2.45. The predicted molar refractivity (Wildman–Crippen MR) is 90.5 cm³/mol. The fraction of sp³-hybridized carbons (Fsp3) is 0.684. The van der Waals surface area contributed by atoms with Gasteiger partial charge in [-0.25, -0.2) is 0 Å². The molecule has 0 aromatic heterocycles. The van der Waals surface area contributed by atoms with Crippen molar-refractivity contribution in [3.05, 3.63) is 34.9 Å². The van der Waals surface area contributed by atoms with Gasteiger partial charge in [-0.2, -0.15) is 0 Å². The van der Waals surface area contributed by atoms with Crippen molar-refractivity contribution in [3.8, 4) is 0 Å². The van der Waals surface area contributed by atoms with E-state index >= 15 is 0 Å². The maximum absolute atomic E-state index is 6.71. The van der Waals surface area contributed by atoms with Crippen LogP contribution in [0.3, 0.4) is 0 Å². The van der Waals surface area contributed by atoms with Crippen LogP contribution < -0.4 is 5.73 Å². The van der Waals surface area contributed by atoms with E-state index < -0.39 is 0 Å². The van der Waals surface area contributed by atoms with Crippen molar-refractivity contribution in [2.24, 2.45) is 23.5 Å². The van der Waals surface area contributed by atoms with Gasteiger partial charge in [-0.05, 0) is 48.6 Å². The van der Waals surface area contributed by atoms with E-state index in [-0.39, 0.29) is 0 Å². The fourth-order valence-electron chi connectivity index (χ4n) is 4.65. The summed E-state index contributed by atoms with van der Waals surface area (Å²) in [6.07, 6.45) is 12.1. The van der Waals surface area contributed by atoms with Crippen molar-refractivity contribution in [2.45, 2.75) is 63.8 Å². The highest BCUT2D eigenvalue weighted by Crippen LogP contribution is 2.40. The first-order chi connectivity index (χ1) is 10.3. The van der Waals surface area contributed by atoms with Crippen molar-refractivity contribution in [2.75, 3.05) is 0 Å². The first-order valence-electron chi connectivity index (χ1n) is 8.74. The van der Waals surface area contributed by atoms with Gasteiger partial charge in [0.1, 0.15) is 0 Å². The molecule has 0 heterocycles. The van der Waals surface area contributed by atoms with Gasteiger partial charge in [-0.15, -0.1) is 0 Å². The summed E-state index contributed by atoms with van der Waals surface area (Å²) >= 11 is 6.34. The summed E-state index contributed by atoms with van der Waals surface area (Å²) in [7, 11) is 0. The summed E-state index contributed by atoms with van der Waals surface area (Å²) in [5.41, 5.74) is 7.99. The molecule has 1 nitrogen and oxygen atoms in total. The van der Waals surface area contributed by atoms with Gasteiger partial charge in [0.2, 0.25) is 0 Å². The third-order valence-electron chi connectivity index (χ3n) is 5.85. The molecular weight excluding hydrogens is 278 g/mol. The lowest BCUT2D eigenvalue weighted by molar-refractivity contribution is 0.130. The zero-order valence-electron chi connectivity index (χ0n) is 12.9. The molecule has 0 bridgehead atoms. The topological polar surface area (TPSA) is 26.0 Å². The van der Waals surface area contributed by atoms with Crippen LogP contribution >= 0.6 is 11.6 Å². The highest BCUT2D eigenvalue weighted by Gasteiger charge is 2.35. The van der Waals surface area contributed by atoms with Crippen LogP contribution in [0.15, 0.2) is 24.3 Å². The smallest absolute Gasteiger partial charge is 0.0438 e. The van der Waals surface area contributed by atoms with Crippen molar-refractivity contribution in [1.29, 1.82) is 0 Å². The highest BCUT2D eigenvalue weighted by molar-refractivity contribution is 6.31. The van der Waals surface area contributed by atoms with Crippen LogP contribution in [-0.2, 0) is 6.42 Å². The first-order valence-corrected chi connectivity index (χ1v) is 9.12. The van der Waals surface area contributed by atoms with Crippen LogP contribution in [0.1, 0.15) is 56.9 Å². The molecule has 21 heavy (non-hydrogen) atoms. The van der Waals surface area contributed by atoms with Gasteiger partial charge in [0.15, 0.2) is 0 Å². The first kappa shape index (κ1) is 15.4. The Labute approximate surface area is 134 Å². The van der Waals surface area contributed by atoms with Crippen molar-refractivity contribution in [3.63, 3.8) is 0 Å². The summed E-state index contributed by atoms with van der Waals surface area (Å²) in [4.78, 5) is 0. The van der Waals surface area contributed by atoms with Crippen LogP contribution in [0.5, 0.6) is 0 Å². The lowest BCUT2D eigenvalue weighted by atomic mass is 9.66. The normalized spacial score (nSPS) is 31.2. The minimum atomic E-state index is 0.373. The van der Waals surface area contributed by atoms with Crippen LogP contribution in [0, 0.1) is 17.8 Å². The van der Waals surface area contributed by atoms with E-state index in [1.165, 1.54) is 56.9 Å². The Morgan fingerprint density at radius 3 is 2.48 bits per heavy atom. The fourth-order valence-corrected chi connectivity index (χ4v) is 4.86. The lowest BCUT2D eigenvalue weighted by Gasteiger charge is -2.41. The Bertz CT molecular complexity index is 453. The molecule has 3 rings (SSSR count). The molecule has 3 atom stereocenters. The number of hydrogen-bond donors (Lipinski definition) is 1. The zero-order valence-corrected chi connectivity index (χ0v) is 13.7. The molecule has 0 radical (unpaired) electrons. The summed E-state index contributed by atoms with van der Waals surface area (Å²) in [5, 5.41) is 0.907. The minimum absolute atomic E-state index is 0.373. The van der Waals surface area contributed by atoms with Gasteiger partial charge in [-0.1, -0.05) is 68.3 Å². The van der Waals surface area contributed by atoms with E-state index in [9.17, 15) is 0 Å². The summed E-state index contributed by atoms with van der Waals surface area (Å²) in [6, 6.07) is 8.65. The van der Waals surface area contributed by atoms with Gasteiger partial charge in [0.05, 0.1) is 0 Å². The van der Waals surface area contributed by atoms with E-state index in [0.717, 1.165) is 23.3 Å². The quantitative estimate of drug-likeness (QED) is 0.815. The average Bonchev–Trinajstić information content (AvgIpc) is 2.52. The molecule has 0 saturated heterocycles. The van der Waals surface area contributed by atoms with E-state index in [2.05, 4.69) is 12.1 Å². The largest absolute Gasteiger partial charge is 0.327 e. The molecule has 1 aromatic carbocycles. The molecule has 1 aromatic rings. The molecule has 2 N–H and O–H groups in total. The Kier molecular flexibility index (Phi) is 5.24. The second kappa shape index (κ2) is 7.15. The molecule has 2 aliphatic carbocycles. The third kappa shape index (κ3) is 3.63. The zero-order chi connectivity index (χ0) is 14.7. The Balaban J connectivity index is 1.67.